The van der Waals surface area contributed by atoms with Gasteiger partial charge in [0.25, 0.3) is 0 Å². The average Bonchev–Trinajstić information content (AvgIpc) is 3.13. The van der Waals surface area contributed by atoms with Crippen LogP contribution in [0.5, 0.6) is 0 Å². The molecule has 1 aliphatic rings. The molecule has 0 unspecified atom stereocenters. The second-order valence-electron chi connectivity index (χ2n) is 4.93. The largest absolute Gasteiger partial charge is 0.379 e. The Balaban J connectivity index is 1.60. The molecular formula is C14H14Cl2N4O2. The molecule has 6 nitrogen and oxygen atoms in total. The number of anilines is 2. The standard InChI is InChI=1S/C14H14Cl2N4O2/c15-12-2-1-9(5-13(12)16)18-14(21)19-10-6-17-20(7-10)11-3-4-22-8-11/h1-2,5-7,11H,3-4,8H2,(H2,18,19,21)/t11-/m1/s1. The molecule has 1 aromatic carbocycles. The van der Waals surface area contributed by atoms with Gasteiger partial charge in [-0.1, -0.05) is 23.2 Å². The van der Waals surface area contributed by atoms with Crippen LogP contribution in [-0.4, -0.2) is 29.0 Å². The Morgan fingerprint density at radius 2 is 2.09 bits per heavy atom. The third-order valence-electron chi connectivity index (χ3n) is 3.32. The quantitative estimate of drug-likeness (QED) is 0.892. The van der Waals surface area contributed by atoms with Crippen LogP contribution < -0.4 is 10.6 Å². The lowest BCUT2D eigenvalue weighted by molar-refractivity contribution is 0.184. The number of aromatic nitrogens is 2. The highest BCUT2D eigenvalue weighted by Gasteiger charge is 2.18. The second kappa shape index (κ2) is 6.56. The number of nitrogens with zero attached hydrogens (tertiary/aromatic N) is 2. The smallest absolute Gasteiger partial charge is 0.323 e. The van der Waals surface area contributed by atoms with Crippen molar-refractivity contribution in [3.05, 3.63) is 40.6 Å². The molecule has 1 fully saturated rings. The Bertz CT molecular complexity index is 683. The summed E-state index contributed by atoms with van der Waals surface area (Å²) in [5.74, 6) is 0. The summed E-state index contributed by atoms with van der Waals surface area (Å²) in [5, 5.41) is 10.5. The van der Waals surface area contributed by atoms with Crippen molar-refractivity contribution in [1.29, 1.82) is 0 Å². The molecule has 2 N–H and O–H groups in total. The van der Waals surface area contributed by atoms with Gasteiger partial charge in [-0.3, -0.25) is 4.68 Å². The Morgan fingerprint density at radius 1 is 1.27 bits per heavy atom. The average molecular weight is 341 g/mol. The van der Waals surface area contributed by atoms with Gasteiger partial charge < -0.3 is 15.4 Å². The number of urea groups is 1. The number of hydrogen-bond acceptors (Lipinski definition) is 3. The first-order valence-electron chi connectivity index (χ1n) is 6.77. The first-order valence-corrected chi connectivity index (χ1v) is 7.52. The van der Waals surface area contributed by atoms with Gasteiger partial charge in [0, 0.05) is 18.5 Å². The highest BCUT2D eigenvalue weighted by atomic mass is 35.5. The van der Waals surface area contributed by atoms with Gasteiger partial charge in [-0.05, 0) is 24.6 Å². The normalized spacial score (nSPS) is 17.5. The number of ether oxygens (including phenoxy) is 1. The highest BCUT2D eigenvalue weighted by molar-refractivity contribution is 6.42. The maximum Gasteiger partial charge on any atom is 0.323 e. The Morgan fingerprint density at radius 3 is 2.82 bits per heavy atom. The molecule has 1 atom stereocenters. The van der Waals surface area contributed by atoms with E-state index in [2.05, 4.69) is 15.7 Å². The van der Waals surface area contributed by atoms with Crippen molar-refractivity contribution in [2.45, 2.75) is 12.5 Å². The van der Waals surface area contributed by atoms with E-state index < -0.39 is 0 Å². The van der Waals surface area contributed by atoms with Crippen LogP contribution in [0.15, 0.2) is 30.6 Å². The summed E-state index contributed by atoms with van der Waals surface area (Å²) < 4.78 is 7.13. The molecule has 2 aromatic rings. The van der Waals surface area contributed by atoms with Gasteiger partial charge >= 0.3 is 6.03 Å². The van der Waals surface area contributed by atoms with Crippen LogP contribution in [0.2, 0.25) is 10.0 Å². The predicted octanol–water partition coefficient (Wildman–Crippen LogP) is 3.80. The zero-order valence-corrected chi connectivity index (χ0v) is 13.1. The first kappa shape index (κ1) is 15.1. The van der Waals surface area contributed by atoms with Crippen LogP contribution >= 0.6 is 23.2 Å². The summed E-state index contributed by atoms with van der Waals surface area (Å²) in [6, 6.07) is 4.74. The van der Waals surface area contributed by atoms with Crippen LogP contribution in [0.25, 0.3) is 0 Å². The molecule has 3 rings (SSSR count). The SMILES string of the molecule is O=C(Nc1ccc(Cl)c(Cl)c1)Nc1cnn([C@@H]2CCOC2)c1. The van der Waals surface area contributed by atoms with Crippen LogP contribution in [0.1, 0.15) is 12.5 Å². The van der Waals surface area contributed by atoms with Gasteiger partial charge in [0.15, 0.2) is 0 Å². The number of nitrogens with one attached hydrogen (secondary N) is 2. The maximum absolute atomic E-state index is 11.9. The van der Waals surface area contributed by atoms with E-state index in [0.717, 1.165) is 13.0 Å². The van der Waals surface area contributed by atoms with Gasteiger partial charge in [-0.25, -0.2) is 4.79 Å². The minimum absolute atomic E-state index is 0.230. The van der Waals surface area contributed by atoms with E-state index in [1.165, 1.54) is 0 Å². The summed E-state index contributed by atoms with van der Waals surface area (Å²) in [6.45, 7) is 1.39. The molecule has 22 heavy (non-hydrogen) atoms. The van der Waals surface area contributed by atoms with E-state index in [-0.39, 0.29) is 12.1 Å². The molecule has 0 spiro atoms. The van der Waals surface area contributed by atoms with Crippen LogP contribution in [-0.2, 0) is 4.74 Å². The molecular weight excluding hydrogens is 327 g/mol. The van der Waals surface area contributed by atoms with Crippen molar-refractivity contribution in [3.63, 3.8) is 0 Å². The Labute approximate surface area is 137 Å². The fraction of sp³-hybridized carbons (Fsp3) is 0.286. The van der Waals surface area contributed by atoms with Gasteiger partial charge in [0.1, 0.15) is 0 Å². The fourth-order valence-electron chi connectivity index (χ4n) is 2.20. The van der Waals surface area contributed by atoms with Crippen molar-refractivity contribution in [2.75, 3.05) is 23.8 Å². The monoisotopic (exact) mass is 340 g/mol. The minimum atomic E-state index is -0.374. The van der Waals surface area contributed by atoms with Gasteiger partial charge in [0.2, 0.25) is 0 Å². The van der Waals surface area contributed by atoms with E-state index >= 15 is 0 Å². The molecule has 1 saturated heterocycles. The topological polar surface area (TPSA) is 68.2 Å². The van der Waals surface area contributed by atoms with Crippen molar-refractivity contribution in [3.8, 4) is 0 Å². The molecule has 2 amide bonds. The molecule has 0 saturated carbocycles. The molecule has 0 aliphatic carbocycles. The fourth-order valence-corrected chi connectivity index (χ4v) is 2.50. The van der Waals surface area contributed by atoms with Gasteiger partial charge in [-0.2, -0.15) is 5.10 Å². The second-order valence-corrected chi connectivity index (χ2v) is 5.75. The number of carbonyl (C=O) groups is 1. The lowest BCUT2D eigenvalue weighted by atomic mass is 10.3. The zero-order chi connectivity index (χ0) is 15.5. The summed E-state index contributed by atoms with van der Waals surface area (Å²) in [7, 11) is 0. The number of benzene rings is 1. The summed E-state index contributed by atoms with van der Waals surface area (Å²) in [5.41, 5.74) is 1.17. The maximum atomic E-state index is 11.9. The molecule has 2 heterocycles. The summed E-state index contributed by atoms with van der Waals surface area (Å²) in [6.07, 6.45) is 4.32. The molecule has 1 aromatic heterocycles. The van der Waals surface area contributed by atoms with Crippen LogP contribution in [0, 0.1) is 0 Å². The van der Waals surface area contributed by atoms with Crippen LogP contribution in [0.4, 0.5) is 16.2 Å². The van der Waals surface area contributed by atoms with E-state index in [4.69, 9.17) is 27.9 Å². The molecule has 8 heteroatoms. The van der Waals surface area contributed by atoms with E-state index in [1.807, 2.05) is 4.68 Å². The summed E-state index contributed by atoms with van der Waals surface area (Å²) in [4.78, 5) is 11.9. The predicted molar refractivity (Wildman–Crippen MR) is 85.8 cm³/mol. The lowest BCUT2D eigenvalue weighted by Crippen LogP contribution is -2.19. The number of amides is 2. The molecule has 0 bridgehead atoms. The van der Waals surface area contributed by atoms with Gasteiger partial charge in [0.05, 0.1) is 34.6 Å². The zero-order valence-electron chi connectivity index (χ0n) is 11.6. The first-order chi connectivity index (χ1) is 10.6. The molecule has 0 radical (unpaired) electrons. The van der Waals surface area contributed by atoms with E-state index in [0.29, 0.717) is 28.0 Å². The molecule has 116 valence electrons. The Kier molecular flexibility index (Phi) is 4.52. The number of rotatable bonds is 3. The minimum Gasteiger partial charge on any atom is -0.379 e. The number of halogens is 2. The third-order valence-corrected chi connectivity index (χ3v) is 4.06. The van der Waals surface area contributed by atoms with Crippen molar-refractivity contribution < 1.29 is 9.53 Å². The third kappa shape index (κ3) is 3.52. The van der Waals surface area contributed by atoms with Crippen LogP contribution in [0.3, 0.4) is 0 Å². The van der Waals surface area contributed by atoms with Gasteiger partial charge in [-0.15, -0.1) is 0 Å². The van der Waals surface area contributed by atoms with E-state index in [9.17, 15) is 4.79 Å². The lowest BCUT2D eigenvalue weighted by Gasteiger charge is -2.08. The summed E-state index contributed by atoms with van der Waals surface area (Å²) >= 11 is 11.7. The van der Waals surface area contributed by atoms with Crippen molar-refractivity contribution in [1.82, 2.24) is 9.78 Å². The highest BCUT2D eigenvalue weighted by Crippen LogP contribution is 2.25. The van der Waals surface area contributed by atoms with Crippen molar-refractivity contribution >= 4 is 40.6 Å². The van der Waals surface area contributed by atoms with Crippen molar-refractivity contribution in [2.24, 2.45) is 0 Å². The Hall–Kier alpha value is -1.76. The number of hydrogen-bond donors (Lipinski definition) is 2. The molecule has 1 aliphatic heterocycles. The number of carbonyl (C=O) groups excluding carboxylic acids is 1. The van der Waals surface area contributed by atoms with E-state index in [1.54, 1.807) is 30.6 Å².